The summed E-state index contributed by atoms with van der Waals surface area (Å²) in [7, 11) is 0. The van der Waals surface area contributed by atoms with E-state index in [2.05, 4.69) is 10.1 Å². The Labute approximate surface area is 235 Å². The van der Waals surface area contributed by atoms with E-state index in [1.54, 1.807) is 30.0 Å². The zero-order valence-corrected chi connectivity index (χ0v) is 22.9. The zero-order valence-electron chi connectivity index (χ0n) is 22.1. The van der Waals surface area contributed by atoms with E-state index in [4.69, 9.17) is 15.6 Å². The van der Waals surface area contributed by atoms with Gasteiger partial charge in [0.1, 0.15) is 17.6 Å². The fourth-order valence-corrected chi connectivity index (χ4v) is 6.11. The lowest BCUT2D eigenvalue weighted by atomic mass is 9.88. The number of carboxylic acids is 1. The number of likely N-dealkylation sites (tertiary alicyclic amines) is 2. The Morgan fingerprint density at radius 3 is 2.48 bits per heavy atom. The van der Waals surface area contributed by atoms with E-state index < -0.39 is 23.8 Å². The number of rotatable bonds is 7. The molecule has 2 saturated heterocycles. The van der Waals surface area contributed by atoms with Crippen molar-refractivity contribution in [3.05, 3.63) is 64.9 Å². The maximum Gasteiger partial charge on any atom is 0.327 e. The molecule has 2 aliphatic rings. The van der Waals surface area contributed by atoms with Gasteiger partial charge in [0.25, 0.3) is 5.91 Å². The van der Waals surface area contributed by atoms with Gasteiger partial charge in [-0.2, -0.15) is 4.68 Å². The van der Waals surface area contributed by atoms with Crippen LogP contribution < -0.4 is 5.73 Å². The van der Waals surface area contributed by atoms with Crippen molar-refractivity contribution in [2.75, 3.05) is 19.6 Å². The average Bonchev–Trinajstić information content (AvgIpc) is 3.72. The van der Waals surface area contributed by atoms with E-state index in [9.17, 15) is 19.5 Å². The Morgan fingerprint density at radius 1 is 1.12 bits per heavy atom. The second-order valence-electron chi connectivity index (χ2n) is 9.96. The molecule has 12 nitrogen and oxygen atoms in total. The Bertz CT molecular complexity index is 1430. The molecule has 5 rings (SSSR count). The molecular formula is C27H31N7O5S. The number of nitrogens with two attached hydrogens (primary N) is 1. The molecular weight excluding hydrogens is 534 g/mol. The smallest absolute Gasteiger partial charge is 0.327 e. The van der Waals surface area contributed by atoms with Gasteiger partial charge in [0.05, 0.1) is 17.7 Å². The first-order valence-corrected chi connectivity index (χ1v) is 14.1. The number of aryl methyl sites for hydroxylation is 1. The van der Waals surface area contributed by atoms with Crippen LogP contribution in [0.3, 0.4) is 0 Å². The molecule has 0 spiro atoms. The highest BCUT2D eigenvalue weighted by Gasteiger charge is 2.44. The third-order valence-electron chi connectivity index (χ3n) is 7.35. The molecule has 13 heteroatoms. The number of amides is 2. The van der Waals surface area contributed by atoms with Crippen LogP contribution in [0, 0.1) is 12.3 Å². The Kier molecular flexibility index (Phi) is 7.92. The lowest BCUT2D eigenvalue weighted by Crippen LogP contribution is -2.55. The summed E-state index contributed by atoms with van der Waals surface area (Å²) in [6, 6.07) is 7.33. The second-order valence-corrected chi connectivity index (χ2v) is 10.9. The molecule has 2 atom stereocenters. The Balaban J connectivity index is 1.46. The summed E-state index contributed by atoms with van der Waals surface area (Å²) in [6.07, 6.45) is 4.30. The number of piperidine rings is 1. The van der Waals surface area contributed by atoms with E-state index in [0.717, 1.165) is 18.4 Å². The van der Waals surface area contributed by atoms with Crippen molar-refractivity contribution in [3.63, 3.8) is 0 Å². The van der Waals surface area contributed by atoms with E-state index in [-0.39, 0.29) is 17.7 Å². The minimum Gasteiger partial charge on any atom is -0.480 e. The first kappa shape index (κ1) is 27.4. The lowest BCUT2D eigenvalue weighted by molar-refractivity contribution is -0.144. The number of amidine groups is 1. The number of hydrogen-bond acceptors (Lipinski definition) is 8. The highest BCUT2D eigenvalue weighted by Crippen LogP contribution is 2.34. The number of aromatic nitrogens is 3. The SMILES string of the molecule is Cc1occc1C(=O)n1nc(C2CCCN(C(=O)N3CCCC3)C2C(=O)O)nc1SCc1ccc(C(=N)N)cc1. The number of thioether (sulfide) groups is 1. The van der Waals surface area contributed by atoms with Crippen LogP contribution in [0.15, 0.2) is 46.2 Å². The maximum atomic E-state index is 13.5. The van der Waals surface area contributed by atoms with Crippen LogP contribution in [0.4, 0.5) is 4.79 Å². The largest absolute Gasteiger partial charge is 0.480 e. The lowest BCUT2D eigenvalue weighted by Gasteiger charge is -2.39. The summed E-state index contributed by atoms with van der Waals surface area (Å²) in [5.74, 6) is -1.16. The van der Waals surface area contributed by atoms with Crippen molar-refractivity contribution in [1.29, 1.82) is 5.41 Å². The molecule has 2 unspecified atom stereocenters. The molecule has 4 N–H and O–H groups in total. The number of benzene rings is 1. The van der Waals surface area contributed by atoms with Gasteiger partial charge in [-0.3, -0.25) is 10.2 Å². The van der Waals surface area contributed by atoms with Crippen LogP contribution >= 0.6 is 11.8 Å². The zero-order chi connectivity index (χ0) is 28.4. The molecule has 2 aromatic heterocycles. The first-order chi connectivity index (χ1) is 19.2. The van der Waals surface area contributed by atoms with Crippen LogP contribution in [0.2, 0.25) is 0 Å². The fourth-order valence-electron chi connectivity index (χ4n) is 5.22. The topological polar surface area (TPSA) is 172 Å². The molecule has 0 radical (unpaired) electrons. The number of aliphatic carboxylic acids is 1. The van der Waals surface area contributed by atoms with Gasteiger partial charge < -0.3 is 25.1 Å². The van der Waals surface area contributed by atoms with Crippen LogP contribution in [0.25, 0.3) is 0 Å². The summed E-state index contributed by atoms with van der Waals surface area (Å²) in [6.45, 7) is 3.25. The molecule has 3 aromatic rings. The highest BCUT2D eigenvalue weighted by atomic mass is 32.2. The van der Waals surface area contributed by atoms with Crippen LogP contribution in [-0.4, -0.2) is 79.1 Å². The third-order valence-corrected chi connectivity index (χ3v) is 8.35. The van der Waals surface area contributed by atoms with Crippen molar-refractivity contribution in [2.24, 2.45) is 5.73 Å². The van der Waals surface area contributed by atoms with Crippen molar-refractivity contribution in [3.8, 4) is 0 Å². The van der Waals surface area contributed by atoms with Crippen LogP contribution in [0.1, 0.15) is 64.7 Å². The van der Waals surface area contributed by atoms with Crippen LogP contribution in [-0.2, 0) is 10.5 Å². The third kappa shape index (κ3) is 5.46. The van der Waals surface area contributed by atoms with E-state index in [1.165, 1.54) is 27.6 Å². The molecule has 210 valence electrons. The van der Waals surface area contributed by atoms with Gasteiger partial charge in [-0.05, 0) is 44.2 Å². The van der Waals surface area contributed by atoms with Gasteiger partial charge in [0.2, 0.25) is 0 Å². The number of nitrogen functional groups attached to an aromatic ring is 1. The number of urea groups is 1. The summed E-state index contributed by atoms with van der Waals surface area (Å²) in [5, 5.41) is 22.7. The molecule has 2 aliphatic heterocycles. The molecule has 0 bridgehead atoms. The molecule has 2 fully saturated rings. The molecule has 4 heterocycles. The van der Waals surface area contributed by atoms with Gasteiger partial charge in [-0.15, -0.1) is 5.10 Å². The van der Waals surface area contributed by atoms with Crippen LogP contribution in [0.5, 0.6) is 0 Å². The quantitative estimate of drug-likeness (QED) is 0.221. The van der Waals surface area contributed by atoms with Gasteiger partial charge in [-0.1, -0.05) is 36.0 Å². The molecule has 40 heavy (non-hydrogen) atoms. The van der Waals surface area contributed by atoms with E-state index in [0.29, 0.717) is 60.3 Å². The number of hydrogen-bond donors (Lipinski definition) is 3. The molecule has 2 amide bonds. The fraction of sp³-hybridized carbons (Fsp3) is 0.407. The minimum absolute atomic E-state index is 0.0256. The summed E-state index contributed by atoms with van der Waals surface area (Å²) in [4.78, 5) is 47.1. The highest BCUT2D eigenvalue weighted by molar-refractivity contribution is 7.98. The van der Waals surface area contributed by atoms with Crippen molar-refractivity contribution >= 4 is 35.5 Å². The van der Waals surface area contributed by atoms with Crippen molar-refractivity contribution in [2.45, 2.75) is 55.5 Å². The summed E-state index contributed by atoms with van der Waals surface area (Å²) < 4.78 is 6.52. The second kappa shape index (κ2) is 11.5. The predicted molar refractivity (Wildman–Crippen MR) is 147 cm³/mol. The summed E-state index contributed by atoms with van der Waals surface area (Å²) >= 11 is 1.28. The number of carbonyl (C=O) groups excluding carboxylic acids is 2. The number of furan rings is 1. The molecule has 0 aliphatic carbocycles. The standard InChI is InChI=1S/C27H31N7O5S/c1-16-19(10-14-39-16)24(35)34-26(40-15-17-6-8-18(9-7-17)22(28)29)30-23(31-34)20-5-4-13-33(21(20)25(36)37)27(38)32-11-2-3-12-32/h6-10,14,20-21H,2-5,11-13,15H2,1H3,(H3,28,29)(H,36,37). The monoisotopic (exact) mass is 565 g/mol. The number of nitrogens with zero attached hydrogens (tertiary/aromatic N) is 5. The average molecular weight is 566 g/mol. The van der Waals surface area contributed by atoms with Crippen molar-refractivity contribution < 1.29 is 23.9 Å². The number of nitrogens with one attached hydrogen (secondary N) is 1. The Morgan fingerprint density at radius 2 is 1.85 bits per heavy atom. The van der Waals surface area contributed by atoms with Gasteiger partial charge >= 0.3 is 12.0 Å². The number of carbonyl (C=O) groups is 3. The normalized spacial score (nSPS) is 19.1. The van der Waals surface area contributed by atoms with Gasteiger partial charge in [-0.25, -0.2) is 14.6 Å². The molecule has 0 saturated carbocycles. The van der Waals surface area contributed by atoms with E-state index in [1.807, 2.05) is 12.1 Å². The Hall–Kier alpha value is -4.13. The first-order valence-electron chi connectivity index (χ1n) is 13.1. The summed E-state index contributed by atoms with van der Waals surface area (Å²) in [5.41, 5.74) is 7.40. The van der Waals surface area contributed by atoms with Gasteiger partial charge in [0, 0.05) is 31.0 Å². The molecule has 1 aromatic carbocycles. The minimum atomic E-state index is -1.14. The number of carboxylic acid groups (broad SMARTS) is 1. The van der Waals surface area contributed by atoms with Crippen molar-refractivity contribution in [1.82, 2.24) is 24.6 Å². The van der Waals surface area contributed by atoms with E-state index >= 15 is 0 Å². The van der Waals surface area contributed by atoms with Gasteiger partial charge in [0.15, 0.2) is 11.0 Å². The maximum absolute atomic E-state index is 13.5. The predicted octanol–water partition coefficient (Wildman–Crippen LogP) is 3.29.